The smallest absolute Gasteiger partial charge is 0.410 e. The molecule has 0 atom stereocenters. The molecule has 1 aromatic carbocycles. The van der Waals surface area contributed by atoms with Crippen LogP contribution < -0.4 is 5.73 Å². The lowest BCUT2D eigenvalue weighted by atomic mass is 10.0. The largest absolute Gasteiger partial charge is 0.453 e. The van der Waals surface area contributed by atoms with Gasteiger partial charge in [-0.2, -0.15) is 0 Å². The highest BCUT2D eigenvalue weighted by molar-refractivity contribution is 7.92. The van der Waals surface area contributed by atoms with Gasteiger partial charge in [0.15, 0.2) is 9.84 Å². The monoisotopic (exact) mass is 340 g/mol. The van der Waals surface area contributed by atoms with Crippen LogP contribution in [0.5, 0.6) is 0 Å². The van der Waals surface area contributed by atoms with E-state index in [0.29, 0.717) is 24.1 Å². The Morgan fingerprint density at radius 2 is 1.96 bits per heavy atom. The zero-order chi connectivity index (χ0) is 17.4. The molecule has 1 fully saturated rings. The van der Waals surface area contributed by atoms with Crippen molar-refractivity contribution in [2.75, 3.05) is 12.8 Å². The third-order valence-corrected chi connectivity index (χ3v) is 6.25. The zero-order valence-corrected chi connectivity index (χ0v) is 14.8. The third kappa shape index (κ3) is 3.77. The van der Waals surface area contributed by atoms with Crippen LogP contribution in [0.1, 0.15) is 39.2 Å². The number of anilines is 1. The first-order valence-corrected chi connectivity index (χ1v) is 9.10. The van der Waals surface area contributed by atoms with Crippen molar-refractivity contribution in [3.8, 4) is 0 Å². The summed E-state index contributed by atoms with van der Waals surface area (Å²) in [4.78, 5) is 13.8. The van der Waals surface area contributed by atoms with Crippen LogP contribution in [-0.2, 0) is 21.1 Å². The number of nitrogens with two attached hydrogens (primary N) is 1. The molecule has 0 saturated heterocycles. The van der Waals surface area contributed by atoms with Gasteiger partial charge in [0.25, 0.3) is 0 Å². The van der Waals surface area contributed by atoms with Crippen molar-refractivity contribution in [1.29, 1.82) is 0 Å². The topological polar surface area (TPSA) is 89.7 Å². The van der Waals surface area contributed by atoms with Gasteiger partial charge in [-0.05, 0) is 57.4 Å². The number of rotatable bonds is 4. The third-order valence-electron chi connectivity index (χ3n) is 3.89. The van der Waals surface area contributed by atoms with Crippen LogP contribution in [0.4, 0.5) is 10.5 Å². The number of amides is 1. The Kier molecular flexibility index (Phi) is 4.61. The molecule has 0 spiro atoms. The first kappa shape index (κ1) is 17.6. The fourth-order valence-corrected chi connectivity index (χ4v) is 4.28. The highest BCUT2D eigenvalue weighted by atomic mass is 32.2. The molecule has 0 unspecified atom stereocenters. The number of hydrogen-bond donors (Lipinski definition) is 1. The van der Waals surface area contributed by atoms with E-state index in [4.69, 9.17) is 10.5 Å². The minimum atomic E-state index is -3.37. The molecule has 6 nitrogen and oxygen atoms in total. The maximum atomic E-state index is 12.6. The van der Waals surface area contributed by atoms with Crippen molar-refractivity contribution in [3.05, 3.63) is 23.8 Å². The summed E-state index contributed by atoms with van der Waals surface area (Å²) >= 11 is 0. The summed E-state index contributed by atoms with van der Waals surface area (Å²) in [6.07, 6.45) is 0.868. The van der Waals surface area contributed by atoms with E-state index in [1.54, 1.807) is 12.1 Å². The van der Waals surface area contributed by atoms with Crippen LogP contribution in [0.2, 0.25) is 0 Å². The zero-order valence-electron chi connectivity index (χ0n) is 14.0. The average molecular weight is 340 g/mol. The second-order valence-electron chi connectivity index (χ2n) is 6.84. The van der Waals surface area contributed by atoms with E-state index in [2.05, 4.69) is 0 Å². The fraction of sp³-hybridized carbons (Fsp3) is 0.562. The van der Waals surface area contributed by atoms with Crippen molar-refractivity contribution in [2.45, 2.75) is 55.8 Å². The molecule has 1 aliphatic rings. The van der Waals surface area contributed by atoms with Crippen LogP contribution in [0, 0.1) is 0 Å². The lowest BCUT2D eigenvalue weighted by molar-refractivity contribution is 0.0788. The first-order valence-electron chi connectivity index (χ1n) is 7.55. The number of nitrogen functional groups attached to an aromatic ring is 1. The normalized spacial score (nSPS) is 15.3. The average Bonchev–Trinajstić information content (AvgIpc) is 3.27. The van der Waals surface area contributed by atoms with Gasteiger partial charge in [0.2, 0.25) is 0 Å². The Balaban J connectivity index is 2.45. The van der Waals surface area contributed by atoms with E-state index < -0.39 is 21.5 Å². The van der Waals surface area contributed by atoms with Gasteiger partial charge in [-0.3, -0.25) is 4.90 Å². The Hall–Kier alpha value is -1.76. The van der Waals surface area contributed by atoms with Crippen molar-refractivity contribution in [3.63, 3.8) is 0 Å². The number of nitrogens with zero attached hydrogens (tertiary/aromatic N) is 1. The lowest BCUT2D eigenvalue weighted by Gasteiger charge is -2.34. The second-order valence-corrected chi connectivity index (χ2v) is 9.04. The van der Waals surface area contributed by atoms with Gasteiger partial charge in [-0.25, -0.2) is 13.2 Å². The molecule has 1 saturated carbocycles. The van der Waals surface area contributed by atoms with Gasteiger partial charge in [0.05, 0.1) is 23.8 Å². The molecular weight excluding hydrogens is 316 g/mol. The molecule has 128 valence electrons. The van der Waals surface area contributed by atoms with Crippen LogP contribution in [0.3, 0.4) is 0 Å². The summed E-state index contributed by atoms with van der Waals surface area (Å²) in [5.74, 6) is 0. The molecule has 2 rings (SSSR count). The molecule has 0 aromatic heterocycles. The number of hydrogen-bond acceptors (Lipinski definition) is 5. The van der Waals surface area contributed by atoms with Crippen molar-refractivity contribution < 1.29 is 17.9 Å². The summed E-state index contributed by atoms with van der Waals surface area (Å²) in [6, 6.07) is 4.74. The molecule has 0 radical (unpaired) electrons. The number of carbonyl (C=O) groups excluding carboxylic acids is 1. The molecule has 1 amide bonds. The minimum Gasteiger partial charge on any atom is -0.453 e. The van der Waals surface area contributed by atoms with Crippen molar-refractivity contribution >= 4 is 21.6 Å². The Morgan fingerprint density at radius 3 is 2.43 bits per heavy atom. The SMILES string of the molecule is COC(=O)N(Cc1cc(N)ccc1S(=O)(=O)C1CC1)C(C)(C)C. The maximum absolute atomic E-state index is 12.6. The molecule has 1 aromatic rings. The van der Waals surface area contributed by atoms with Gasteiger partial charge in [0, 0.05) is 11.2 Å². The van der Waals surface area contributed by atoms with E-state index in [1.165, 1.54) is 18.1 Å². The maximum Gasteiger partial charge on any atom is 0.410 e. The molecular formula is C16H24N2O4S. The van der Waals surface area contributed by atoms with Gasteiger partial charge in [-0.15, -0.1) is 0 Å². The molecule has 1 aliphatic carbocycles. The number of carbonyl (C=O) groups is 1. The van der Waals surface area contributed by atoms with Crippen LogP contribution in [0.25, 0.3) is 0 Å². The Morgan fingerprint density at radius 1 is 1.35 bits per heavy atom. The summed E-state index contributed by atoms with van der Waals surface area (Å²) in [5, 5.41) is -0.314. The van der Waals surface area contributed by atoms with Crippen LogP contribution in [-0.4, -0.2) is 37.3 Å². The molecule has 0 bridgehead atoms. The van der Waals surface area contributed by atoms with E-state index >= 15 is 0 Å². The second kappa shape index (κ2) is 6.03. The van der Waals surface area contributed by atoms with Crippen LogP contribution >= 0.6 is 0 Å². The highest BCUT2D eigenvalue weighted by Gasteiger charge is 2.39. The van der Waals surface area contributed by atoms with Crippen molar-refractivity contribution in [2.24, 2.45) is 0 Å². The molecule has 23 heavy (non-hydrogen) atoms. The van der Waals surface area contributed by atoms with Crippen molar-refractivity contribution in [1.82, 2.24) is 4.90 Å². The van der Waals surface area contributed by atoms with E-state index in [-0.39, 0.29) is 16.7 Å². The van der Waals surface area contributed by atoms with Gasteiger partial charge in [-0.1, -0.05) is 0 Å². The Bertz CT molecular complexity index is 703. The van der Waals surface area contributed by atoms with Crippen LogP contribution in [0.15, 0.2) is 23.1 Å². The van der Waals surface area contributed by atoms with E-state index in [1.807, 2.05) is 20.8 Å². The lowest BCUT2D eigenvalue weighted by Crippen LogP contribution is -2.45. The summed E-state index contributed by atoms with van der Waals surface area (Å²) in [5.41, 5.74) is 6.30. The number of benzene rings is 1. The number of methoxy groups -OCH3 is 1. The highest BCUT2D eigenvalue weighted by Crippen LogP contribution is 2.36. The predicted octanol–water partition coefficient (Wildman–Crippen LogP) is 2.57. The summed E-state index contributed by atoms with van der Waals surface area (Å²) < 4.78 is 30.1. The molecule has 2 N–H and O–H groups in total. The standard InChI is InChI=1S/C16H24N2O4S/c1-16(2,3)18(15(19)22-4)10-11-9-12(17)5-8-14(11)23(20,21)13-6-7-13/h5,8-9,13H,6-7,10,17H2,1-4H3. The molecule has 0 heterocycles. The first-order chi connectivity index (χ1) is 10.6. The fourth-order valence-electron chi connectivity index (χ4n) is 2.41. The minimum absolute atomic E-state index is 0.127. The molecule has 7 heteroatoms. The number of ether oxygens (including phenoxy) is 1. The molecule has 0 aliphatic heterocycles. The Labute approximate surface area is 137 Å². The van der Waals surface area contributed by atoms with Gasteiger partial charge in [0.1, 0.15) is 0 Å². The predicted molar refractivity (Wildman–Crippen MR) is 88.8 cm³/mol. The summed E-state index contributed by atoms with van der Waals surface area (Å²) in [7, 11) is -2.06. The summed E-state index contributed by atoms with van der Waals surface area (Å²) in [6.45, 7) is 5.73. The quantitative estimate of drug-likeness (QED) is 0.851. The number of sulfone groups is 1. The van der Waals surface area contributed by atoms with E-state index in [9.17, 15) is 13.2 Å². The van der Waals surface area contributed by atoms with Gasteiger partial charge >= 0.3 is 6.09 Å². The van der Waals surface area contributed by atoms with Gasteiger partial charge < -0.3 is 10.5 Å². The van der Waals surface area contributed by atoms with E-state index in [0.717, 1.165) is 0 Å².